The SMILES string of the molecule is CCS(=O)(=O)OC1(C)CCN(C[SH](=O)=O)C1. The lowest BCUT2D eigenvalue weighted by molar-refractivity contribution is 0.107. The zero-order valence-corrected chi connectivity index (χ0v) is 11.1. The third-order valence-electron chi connectivity index (χ3n) is 2.51. The maximum atomic E-state index is 11.3. The van der Waals surface area contributed by atoms with Gasteiger partial charge >= 0.3 is 0 Å². The number of nitrogens with zero attached hydrogens (tertiary/aromatic N) is 1. The molecule has 1 saturated heterocycles. The Morgan fingerprint density at radius 1 is 1.44 bits per heavy atom. The summed E-state index contributed by atoms with van der Waals surface area (Å²) in [4.78, 5) is 1.68. The van der Waals surface area contributed by atoms with Gasteiger partial charge in [-0.2, -0.15) is 8.42 Å². The Kier molecular flexibility index (Phi) is 4.33. The highest BCUT2D eigenvalue weighted by molar-refractivity contribution is 7.86. The molecule has 0 saturated carbocycles. The number of likely N-dealkylation sites (tertiary alicyclic amines) is 1. The number of thiol groups is 1. The van der Waals surface area contributed by atoms with Crippen molar-refractivity contribution in [2.75, 3.05) is 24.7 Å². The lowest BCUT2D eigenvalue weighted by Gasteiger charge is -2.23. The first kappa shape index (κ1) is 13.9. The van der Waals surface area contributed by atoms with Crippen molar-refractivity contribution in [2.45, 2.75) is 25.9 Å². The summed E-state index contributed by atoms with van der Waals surface area (Å²) in [5, 5.41) is 0. The summed E-state index contributed by atoms with van der Waals surface area (Å²) in [6.07, 6.45) is 0.523. The van der Waals surface area contributed by atoms with Crippen molar-refractivity contribution in [2.24, 2.45) is 0 Å². The van der Waals surface area contributed by atoms with Crippen LogP contribution in [0.15, 0.2) is 0 Å². The minimum absolute atomic E-state index is 0.0412. The van der Waals surface area contributed by atoms with Crippen molar-refractivity contribution in [3.8, 4) is 0 Å². The zero-order valence-electron chi connectivity index (χ0n) is 9.38. The van der Waals surface area contributed by atoms with E-state index in [0.29, 0.717) is 19.5 Å². The van der Waals surface area contributed by atoms with Gasteiger partial charge in [0.05, 0.1) is 17.2 Å². The standard InChI is InChI=1S/C8H17NO5S2/c1-3-16(12,13)14-8(2)4-5-9(6-8)7-15(10)11/h15H,3-7H2,1-2H3. The van der Waals surface area contributed by atoms with Crippen LogP contribution < -0.4 is 0 Å². The molecule has 1 heterocycles. The molecule has 1 unspecified atom stereocenters. The molecule has 96 valence electrons. The van der Waals surface area contributed by atoms with Crippen molar-refractivity contribution in [3.05, 3.63) is 0 Å². The molecule has 1 aliphatic heterocycles. The summed E-state index contributed by atoms with van der Waals surface area (Å²) in [5.74, 6) is -0.112. The van der Waals surface area contributed by atoms with E-state index in [0.717, 1.165) is 0 Å². The van der Waals surface area contributed by atoms with Crippen molar-refractivity contribution in [1.29, 1.82) is 0 Å². The van der Waals surface area contributed by atoms with Crippen molar-refractivity contribution in [1.82, 2.24) is 4.90 Å². The lowest BCUT2D eigenvalue weighted by Crippen LogP contribution is -2.36. The smallest absolute Gasteiger partial charge is 0.267 e. The van der Waals surface area contributed by atoms with E-state index in [4.69, 9.17) is 4.18 Å². The van der Waals surface area contributed by atoms with Gasteiger partial charge in [-0.25, -0.2) is 8.42 Å². The van der Waals surface area contributed by atoms with E-state index in [1.54, 1.807) is 11.8 Å². The molecule has 0 radical (unpaired) electrons. The molecule has 1 fully saturated rings. The van der Waals surface area contributed by atoms with E-state index in [2.05, 4.69) is 0 Å². The van der Waals surface area contributed by atoms with E-state index >= 15 is 0 Å². The van der Waals surface area contributed by atoms with Crippen LogP contribution in [0.5, 0.6) is 0 Å². The summed E-state index contributed by atoms with van der Waals surface area (Å²) in [5.41, 5.74) is -0.791. The van der Waals surface area contributed by atoms with E-state index in [9.17, 15) is 16.8 Å². The molecule has 0 aromatic heterocycles. The quantitative estimate of drug-likeness (QED) is 0.530. The summed E-state index contributed by atoms with van der Waals surface area (Å²) >= 11 is 0. The summed E-state index contributed by atoms with van der Waals surface area (Å²) < 4.78 is 48.8. The first-order chi connectivity index (χ1) is 7.26. The second-order valence-electron chi connectivity index (χ2n) is 4.16. The molecule has 16 heavy (non-hydrogen) atoms. The minimum atomic E-state index is -3.49. The van der Waals surface area contributed by atoms with Gasteiger partial charge in [0.1, 0.15) is 0 Å². The van der Waals surface area contributed by atoms with E-state index in [1.165, 1.54) is 6.92 Å². The van der Waals surface area contributed by atoms with Gasteiger partial charge in [-0.15, -0.1) is 0 Å². The number of hydrogen-bond donors (Lipinski definition) is 1. The molecule has 8 heteroatoms. The first-order valence-corrected chi connectivity index (χ1v) is 7.98. The van der Waals surface area contributed by atoms with Crippen molar-refractivity contribution >= 4 is 20.8 Å². The van der Waals surface area contributed by atoms with E-state index < -0.39 is 26.4 Å². The first-order valence-electron chi connectivity index (χ1n) is 5.04. The van der Waals surface area contributed by atoms with Gasteiger partial charge in [-0.1, -0.05) is 0 Å². The van der Waals surface area contributed by atoms with Crippen LogP contribution >= 0.6 is 0 Å². The lowest BCUT2D eigenvalue weighted by atomic mass is 10.1. The van der Waals surface area contributed by atoms with Gasteiger partial charge in [0.15, 0.2) is 10.7 Å². The predicted molar refractivity (Wildman–Crippen MR) is 60.3 cm³/mol. The Balaban J connectivity index is 2.62. The van der Waals surface area contributed by atoms with E-state index in [-0.39, 0.29) is 11.6 Å². The fraction of sp³-hybridized carbons (Fsp3) is 1.00. The summed E-state index contributed by atoms with van der Waals surface area (Å²) in [7, 11) is -5.96. The fourth-order valence-electron chi connectivity index (χ4n) is 1.74. The fourth-order valence-corrected chi connectivity index (χ4v) is 3.18. The van der Waals surface area contributed by atoms with Gasteiger partial charge in [0.2, 0.25) is 0 Å². The largest absolute Gasteiger partial charge is 0.287 e. The molecule has 1 aliphatic rings. The molecule has 6 nitrogen and oxygen atoms in total. The Hall–Kier alpha value is -0.180. The summed E-state index contributed by atoms with van der Waals surface area (Å²) in [6, 6.07) is 0. The maximum Gasteiger partial charge on any atom is 0.267 e. The van der Waals surface area contributed by atoms with Crippen molar-refractivity contribution < 1.29 is 21.0 Å². The molecule has 0 N–H and O–H groups in total. The Morgan fingerprint density at radius 3 is 2.56 bits per heavy atom. The van der Waals surface area contributed by atoms with Crippen LogP contribution in [-0.2, 0) is 25.0 Å². The molecular formula is C8H17NO5S2. The Bertz CT molecular complexity index is 408. The van der Waals surface area contributed by atoms with E-state index in [1.807, 2.05) is 0 Å². The van der Waals surface area contributed by atoms with Crippen LogP contribution in [0.1, 0.15) is 20.3 Å². The van der Waals surface area contributed by atoms with Crippen molar-refractivity contribution in [3.63, 3.8) is 0 Å². The number of hydrogen-bond acceptors (Lipinski definition) is 6. The van der Waals surface area contributed by atoms with Gasteiger partial charge in [-0.05, 0) is 20.3 Å². The molecule has 0 aromatic rings. The predicted octanol–water partition coefficient (Wildman–Crippen LogP) is -0.614. The molecule has 0 aliphatic carbocycles. The van der Waals surface area contributed by atoms with Gasteiger partial charge in [0.25, 0.3) is 10.1 Å². The Labute approximate surface area is 97.7 Å². The topological polar surface area (TPSA) is 80.8 Å². The second-order valence-corrected chi connectivity index (χ2v) is 6.96. The van der Waals surface area contributed by atoms with Crippen LogP contribution in [-0.4, -0.2) is 52.1 Å². The second kappa shape index (κ2) is 4.99. The highest BCUT2D eigenvalue weighted by atomic mass is 32.2. The van der Waals surface area contributed by atoms with Crippen LogP contribution in [0.25, 0.3) is 0 Å². The molecule has 1 atom stereocenters. The number of rotatable bonds is 5. The van der Waals surface area contributed by atoms with Gasteiger partial charge in [0, 0.05) is 13.1 Å². The third kappa shape index (κ3) is 4.00. The minimum Gasteiger partial charge on any atom is -0.287 e. The molecule has 0 aromatic carbocycles. The molecular weight excluding hydrogens is 254 g/mol. The highest BCUT2D eigenvalue weighted by Crippen LogP contribution is 2.26. The monoisotopic (exact) mass is 271 g/mol. The van der Waals surface area contributed by atoms with Crippen LogP contribution in [0, 0.1) is 0 Å². The average molecular weight is 271 g/mol. The molecule has 0 spiro atoms. The Morgan fingerprint density at radius 2 is 2.06 bits per heavy atom. The molecule has 0 bridgehead atoms. The van der Waals surface area contributed by atoms with Crippen LogP contribution in [0.4, 0.5) is 0 Å². The summed E-state index contributed by atoms with van der Waals surface area (Å²) in [6.45, 7) is 4.08. The normalized spacial score (nSPS) is 27.7. The highest BCUT2D eigenvalue weighted by Gasteiger charge is 2.38. The third-order valence-corrected chi connectivity index (χ3v) is 4.51. The molecule has 0 amide bonds. The van der Waals surface area contributed by atoms with Crippen LogP contribution in [0.2, 0.25) is 0 Å². The van der Waals surface area contributed by atoms with Gasteiger partial charge < -0.3 is 0 Å². The average Bonchev–Trinajstić information content (AvgIpc) is 2.45. The van der Waals surface area contributed by atoms with Crippen LogP contribution in [0.3, 0.4) is 0 Å². The maximum absolute atomic E-state index is 11.3. The molecule has 1 rings (SSSR count). The zero-order chi connectivity index (χ0) is 12.4. The van der Waals surface area contributed by atoms with Gasteiger partial charge in [-0.3, -0.25) is 9.08 Å².